The molecule has 0 aliphatic carbocycles. The molecule has 0 spiro atoms. The molecule has 1 aliphatic rings. The van der Waals surface area contributed by atoms with E-state index in [-0.39, 0.29) is 11.9 Å². The highest BCUT2D eigenvalue weighted by Crippen LogP contribution is 2.20. The SMILES string of the molecule is CNC(CCN1CCSCC1)c1ccc(C)c(F)c1. The van der Waals surface area contributed by atoms with Crippen LogP contribution >= 0.6 is 11.8 Å². The van der Waals surface area contributed by atoms with Crippen molar-refractivity contribution < 1.29 is 4.39 Å². The normalized spacial score (nSPS) is 18.5. The van der Waals surface area contributed by atoms with E-state index < -0.39 is 0 Å². The molecule has 19 heavy (non-hydrogen) atoms. The zero-order valence-electron chi connectivity index (χ0n) is 11.8. The highest BCUT2D eigenvalue weighted by molar-refractivity contribution is 7.99. The predicted octanol–water partition coefficient (Wildman–Crippen LogP) is 2.83. The number of hydrogen-bond acceptors (Lipinski definition) is 3. The lowest BCUT2D eigenvalue weighted by atomic mass is 10.0. The molecule has 0 radical (unpaired) electrons. The Morgan fingerprint density at radius 2 is 2.11 bits per heavy atom. The molecule has 2 nitrogen and oxygen atoms in total. The minimum atomic E-state index is -0.105. The van der Waals surface area contributed by atoms with Crippen molar-refractivity contribution in [1.29, 1.82) is 0 Å². The second-order valence-electron chi connectivity index (χ2n) is 5.09. The number of benzene rings is 1. The average molecular weight is 282 g/mol. The summed E-state index contributed by atoms with van der Waals surface area (Å²) in [6.07, 6.45) is 1.03. The van der Waals surface area contributed by atoms with E-state index in [1.54, 1.807) is 13.0 Å². The molecule has 1 atom stereocenters. The molecule has 1 heterocycles. The summed E-state index contributed by atoms with van der Waals surface area (Å²) in [5.41, 5.74) is 1.77. The van der Waals surface area contributed by atoms with Gasteiger partial charge in [0, 0.05) is 37.2 Å². The molecule has 2 rings (SSSR count). The maximum atomic E-state index is 13.6. The first-order valence-electron chi connectivity index (χ1n) is 6.94. The first kappa shape index (κ1) is 14.8. The van der Waals surface area contributed by atoms with Crippen LogP contribution in [0.4, 0.5) is 4.39 Å². The van der Waals surface area contributed by atoms with Gasteiger partial charge in [-0.3, -0.25) is 0 Å². The van der Waals surface area contributed by atoms with Gasteiger partial charge >= 0.3 is 0 Å². The molecule has 1 fully saturated rings. The lowest BCUT2D eigenvalue weighted by molar-refractivity contribution is 0.283. The van der Waals surface area contributed by atoms with Crippen molar-refractivity contribution >= 4 is 11.8 Å². The maximum absolute atomic E-state index is 13.6. The van der Waals surface area contributed by atoms with Crippen molar-refractivity contribution in [3.05, 3.63) is 35.1 Å². The van der Waals surface area contributed by atoms with Gasteiger partial charge < -0.3 is 10.2 Å². The Kier molecular flexibility index (Phi) is 5.67. The number of halogens is 1. The molecule has 1 N–H and O–H groups in total. The predicted molar refractivity (Wildman–Crippen MR) is 81.3 cm³/mol. The van der Waals surface area contributed by atoms with Crippen molar-refractivity contribution in [2.24, 2.45) is 0 Å². The van der Waals surface area contributed by atoms with E-state index in [4.69, 9.17) is 0 Å². The zero-order chi connectivity index (χ0) is 13.7. The molecule has 0 aromatic heterocycles. The molecular formula is C15H23FN2S. The molecule has 1 unspecified atom stereocenters. The fraction of sp³-hybridized carbons (Fsp3) is 0.600. The number of hydrogen-bond donors (Lipinski definition) is 1. The molecule has 106 valence electrons. The Morgan fingerprint density at radius 1 is 1.37 bits per heavy atom. The van der Waals surface area contributed by atoms with Crippen LogP contribution in [-0.2, 0) is 0 Å². The molecule has 1 aromatic carbocycles. The lowest BCUT2D eigenvalue weighted by Gasteiger charge is -2.28. The Hall–Kier alpha value is -0.580. The van der Waals surface area contributed by atoms with Crippen molar-refractivity contribution in [1.82, 2.24) is 10.2 Å². The van der Waals surface area contributed by atoms with E-state index in [0.717, 1.165) is 18.5 Å². The largest absolute Gasteiger partial charge is 0.313 e. The van der Waals surface area contributed by atoms with Crippen molar-refractivity contribution in [3.63, 3.8) is 0 Å². The number of rotatable bonds is 5. The number of thioether (sulfide) groups is 1. The van der Waals surface area contributed by atoms with Gasteiger partial charge in [0.15, 0.2) is 0 Å². The van der Waals surface area contributed by atoms with Crippen LogP contribution in [0.15, 0.2) is 18.2 Å². The second-order valence-corrected chi connectivity index (χ2v) is 6.32. The minimum absolute atomic E-state index is 0.105. The summed E-state index contributed by atoms with van der Waals surface area (Å²) in [5.74, 6) is 2.37. The average Bonchev–Trinajstić information content (AvgIpc) is 2.44. The third-order valence-corrected chi connectivity index (χ3v) is 4.73. The van der Waals surface area contributed by atoms with Crippen molar-refractivity contribution in [2.75, 3.05) is 38.2 Å². The summed E-state index contributed by atoms with van der Waals surface area (Å²) in [5, 5.41) is 3.31. The van der Waals surface area contributed by atoms with Gasteiger partial charge in [-0.2, -0.15) is 11.8 Å². The van der Waals surface area contributed by atoms with Gasteiger partial charge in [0.2, 0.25) is 0 Å². The van der Waals surface area contributed by atoms with E-state index in [9.17, 15) is 4.39 Å². The second kappa shape index (κ2) is 7.27. The Balaban J connectivity index is 1.93. The van der Waals surface area contributed by atoms with Crippen molar-refractivity contribution in [2.45, 2.75) is 19.4 Å². The highest BCUT2D eigenvalue weighted by atomic mass is 32.2. The molecule has 0 bridgehead atoms. The van der Waals surface area contributed by atoms with Gasteiger partial charge in [0.05, 0.1) is 0 Å². The van der Waals surface area contributed by atoms with Gasteiger partial charge in [0.25, 0.3) is 0 Å². The standard InChI is InChI=1S/C15H23FN2S/c1-12-3-4-13(11-14(12)16)15(17-2)5-6-18-7-9-19-10-8-18/h3-4,11,15,17H,5-10H2,1-2H3. The fourth-order valence-electron chi connectivity index (χ4n) is 2.44. The van der Waals surface area contributed by atoms with Crippen LogP contribution < -0.4 is 5.32 Å². The monoisotopic (exact) mass is 282 g/mol. The summed E-state index contributed by atoms with van der Waals surface area (Å²) in [4.78, 5) is 2.51. The van der Waals surface area contributed by atoms with Crippen LogP contribution in [0.25, 0.3) is 0 Å². The van der Waals surface area contributed by atoms with E-state index in [0.29, 0.717) is 5.56 Å². The topological polar surface area (TPSA) is 15.3 Å². The van der Waals surface area contributed by atoms with E-state index in [1.165, 1.54) is 24.6 Å². The molecule has 0 amide bonds. The first-order valence-corrected chi connectivity index (χ1v) is 8.09. The quantitative estimate of drug-likeness (QED) is 0.894. The Bertz CT molecular complexity index is 405. The van der Waals surface area contributed by atoms with E-state index in [1.807, 2.05) is 30.9 Å². The molecule has 0 saturated carbocycles. The summed E-state index contributed by atoms with van der Waals surface area (Å²) in [6, 6.07) is 5.81. The third-order valence-electron chi connectivity index (χ3n) is 3.78. The summed E-state index contributed by atoms with van der Waals surface area (Å²) < 4.78 is 13.6. The number of aryl methyl sites for hydroxylation is 1. The summed E-state index contributed by atoms with van der Waals surface area (Å²) in [6.45, 7) is 5.26. The zero-order valence-corrected chi connectivity index (χ0v) is 12.6. The number of nitrogens with one attached hydrogen (secondary N) is 1. The third kappa shape index (κ3) is 4.20. The Labute approximate surface area is 119 Å². The van der Waals surface area contributed by atoms with E-state index in [2.05, 4.69) is 10.2 Å². The van der Waals surface area contributed by atoms with Crippen LogP contribution in [0.3, 0.4) is 0 Å². The van der Waals surface area contributed by atoms with Gasteiger partial charge in [-0.1, -0.05) is 12.1 Å². The minimum Gasteiger partial charge on any atom is -0.313 e. The van der Waals surface area contributed by atoms with Crippen LogP contribution in [0.2, 0.25) is 0 Å². The van der Waals surface area contributed by atoms with Crippen LogP contribution in [-0.4, -0.2) is 43.1 Å². The first-order chi connectivity index (χ1) is 9.20. The smallest absolute Gasteiger partial charge is 0.126 e. The van der Waals surface area contributed by atoms with Gasteiger partial charge in [-0.05, 0) is 37.6 Å². The highest BCUT2D eigenvalue weighted by Gasteiger charge is 2.15. The maximum Gasteiger partial charge on any atom is 0.126 e. The van der Waals surface area contributed by atoms with Crippen LogP contribution in [0.1, 0.15) is 23.6 Å². The Morgan fingerprint density at radius 3 is 2.74 bits per heavy atom. The van der Waals surface area contributed by atoms with Gasteiger partial charge in [-0.15, -0.1) is 0 Å². The summed E-state index contributed by atoms with van der Waals surface area (Å²) >= 11 is 2.03. The van der Waals surface area contributed by atoms with Gasteiger partial charge in [0.1, 0.15) is 5.82 Å². The lowest BCUT2D eigenvalue weighted by Crippen LogP contribution is -2.35. The fourth-order valence-corrected chi connectivity index (χ4v) is 3.42. The van der Waals surface area contributed by atoms with Crippen LogP contribution in [0.5, 0.6) is 0 Å². The molecule has 4 heteroatoms. The van der Waals surface area contributed by atoms with E-state index >= 15 is 0 Å². The molecule has 1 aliphatic heterocycles. The molecular weight excluding hydrogens is 259 g/mol. The van der Waals surface area contributed by atoms with Crippen LogP contribution in [0, 0.1) is 12.7 Å². The van der Waals surface area contributed by atoms with Crippen molar-refractivity contribution in [3.8, 4) is 0 Å². The van der Waals surface area contributed by atoms with Gasteiger partial charge in [-0.25, -0.2) is 4.39 Å². The summed E-state index contributed by atoms with van der Waals surface area (Å²) in [7, 11) is 1.95. The number of nitrogens with zero attached hydrogens (tertiary/aromatic N) is 1. The molecule has 1 saturated heterocycles. The molecule has 1 aromatic rings.